The number of nitrogens with zero attached hydrogens (tertiary/aromatic N) is 2. The maximum absolute atomic E-state index is 13.1. The van der Waals surface area contributed by atoms with Crippen molar-refractivity contribution in [1.29, 1.82) is 0 Å². The minimum atomic E-state index is -0.849. The van der Waals surface area contributed by atoms with E-state index < -0.39 is 23.9 Å². The number of amides is 2. The minimum absolute atomic E-state index is 0. The van der Waals surface area contributed by atoms with Crippen LogP contribution in [0.3, 0.4) is 0 Å². The number of carbonyl (C=O) groups excluding carboxylic acids is 2. The van der Waals surface area contributed by atoms with Gasteiger partial charge in [-0.2, -0.15) is 0 Å². The van der Waals surface area contributed by atoms with Crippen molar-refractivity contribution in [3.63, 3.8) is 0 Å². The fourth-order valence-electron chi connectivity index (χ4n) is 3.45. The van der Waals surface area contributed by atoms with Crippen LogP contribution in [0.15, 0.2) is 46.4 Å². The van der Waals surface area contributed by atoms with Gasteiger partial charge in [0.15, 0.2) is 11.9 Å². The van der Waals surface area contributed by atoms with Crippen molar-refractivity contribution in [3.05, 3.63) is 36.4 Å². The van der Waals surface area contributed by atoms with Crippen LogP contribution < -0.4 is 44.0 Å². The van der Waals surface area contributed by atoms with Crippen LogP contribution >= 0.6 is 12.4 Å². The number of nitrogens with two attached hydrogens (primary N) is 5. The number of methoxy groups -OCH3 is 1. The Morgan fingerprint density at radius 2 is 1.56 bits per heavy atom. The van der Waals surface area contributed by atoms with E-state index in [1.165, 1.54) is 0 Å². The Balaban J connectivity index is 0.00000648. The largest absolute Gasteiger partial charge is 0.496 e. The van der Waals surface area contributed by atoms with E-state index in [1.807, 2.05) is 30.3 Å². The van der Waals surface area contributed by atoms with E-state index in [-0.39, 0.29) is 24.3 Å². The van der Waals surface area contributed by atoms with Crippen molar-refractivity contribution in [3.8, 4) is 5.75 Å². The molecule has 0 aliphatic rings. The molecular weight excluding hydrogens is 486 g/mol. The third-order valence-corrected chi connectivity index (χ3v) is 5.19. The Bertz CT molecular complexity index is 1070. The second-order valence-electron chi connectivity index (χ2n) is 7.95. The molecule has 2 unspecified atom stereocenters. The molecule has 36 heavy (non-hydrogen) atoms. The molecule has 0 bridgehead atoms. The molecule has 198 valence electrons. The van der Waals surface area contributed by atoms with Crippen LogP contribution in [-0.4, -0.2) is 56.0 Å². The van der Waals surface area contributed by atoms with Gasteiger partial charge in [-0.25, -0.2) is 0 Å². The summed E-state index contributed by atoms with van der Waals surface area (Å²) in [6.07, 6.45) is 1.65. The average molecular weight is 522 g/mol. The summed E-state index contributed by atoms with van der Waals surface area (Å²) in [5, 5.41) is 7.42. The van der Waals surface area contributed by atoms with Gasteiger partial charge in [-0.05, 0) is 37.1 Å². The summed E-state index contributed by atoms with van der Waals surface area (Å²) >= 11 is 0. The molecule has 0 fully saturated rings. The van der Waals surface area contributed by atoms with Crippen LogP contribution in [0.5, 0.6) is 5.75 Å². The van der Waals surface area contributed by atoms with Crippen LogP contribution in [0.25, 0.3) is 10.8 Å². The number of carbonyl (C=O) groups is 2. The summed E-state index contributed by atoms with van der Waals surface area (Å²) in [6.45, 7) is 0.673. The number of aliphatic imine (C=N–C) groups is 2. The fraction of sp³-hybridized carbons (Fsp3) is 0.391. The van der Waals surface area contributed by atoms with Crippen LogP contribution in [0.1, 0.15) is 25.7 Å². The maximum atomic E-state index is 13.1. The first-order valence-corrected chi connectivity index (χ1v) is 11.3. The maximum Gasteiger partial charge on any atom is 0.246 e. The number of guanidine groups is 2. The van der Waals surface area contributed by atoms with Crippen molar-refractivity contribution >= 4 is 52.6 Å². The molecule has 2 amide bonds. The first-order valence-electron chi connectivity index (χ1n) is 11.3. The minimum Gasteiger partial charge on any atom is -0.496 e. The lowest BCUT2D eigenvalue weighted by atomic mass is 10.1. The van der Waals surface area contributed by atoms with Gasteiger partial charge in [0.2, 0.25) is 11.8 Å². The van der Waals surface area contributed by atoms with Crippen LogP contribution in [0, 0.1) is 0 Å². The lowest BCUT2D eigenvalue weighted by molar-refractivity contribution is -0.127. The predicted molar refractivity (Wildman–Crippen MR) is 146 cm³/mol. The molecular formula is C23H36ClN9O3. The highest BCUT2D eigenvalue weighted by atomic mass is 35.5. The first-order chi connectivity index (χ1) is 16.7. The number of fused-ring (bicyclic) bond motifs is 1. The second-order valence-corrected chi connectivity index (χ2v) is 7.95. The molecule has 2 aromatic carbocycles. The van der Waals surface area contributed by atoms with E-state index in [0.717, 1.165) is 10.8 Å². The van der Waals surface area contributed by atoms with Crippen molar-refractivity contribution in [1.82, 2.24) is 5.32 Å². The highest BCUT2D eigenvalue weighted by molar-refractivity contribution is 6.00. The van der Waals surface area contributed by atoms with Gasteiger partial charge in [0.1, 0.15) is 11.8 Å². The first kappa shape index (κ1) is 30.3. The topological polar surface area (TPSA) is 222 Å². The molecule has 0 saturated carbocycles. The summed E-state index contributed by atoms with van der Waals surface area (Å²) in [5.41, 5.74) is 27.9. The molecule has 2 aromatic rings. The number of rotatable bonds is 13. The molecule has 2 atom stereocenters. The van der Waals surface area contributed by atoms with E-state index >= 15 is 0 Å². The molecule has 12 N–H and O–H groups in total. The molecule has 0 aliphatic carbocycles. The summed E-state index contributed by atoms with van der Waals surface area (Å²) in [6, 6.07) is 9.55. The van der Waals surface area contributed by atoms with Gasteiger partial charge < -0.3 is 44.0 Å². The number of hydrogen-bond donors (Lipinski definition) is 7. The standard InChI is InChI=1S/C23H35N9O3.ClH/c1-35-19-13-15(12-14-6-2-3-7-16(14)19)31-21(34)18(9-5-11-30-23(27)28)32-20(33)17(24)8-4-10-29-22(25)26;/h2-3,6-7,12-13,17-18H,4-5,8-11,24H2,1H3,(H,31,34)(H,32,33)(H4,25,26,29)(H4,27,28,30);1H. The zero-order chi connectivity index (χ0) is 25.8. The lowest BCUT2D eigenvalue weighted by Gasteiger charge is -2.21. The van der Waals surface area contributed by atoms with Gasteiger partial charge in [0.25, 0.3) is 0 Å². The molecule has 0 spiro atoms. The quantitative estimate of drug-likeness (QED) is 0.109. The third kappa shape index (κ3) is 9.84. The third-order valence-electron chi connectivity index (χ3n) is 5.19. The molecule has 12 nitrogen and oxygen atoms in total. The number of anilines is 1. The molecule has 0 heterocycles. The summed E-state index contributed by atoms with van der Waals surface area (Å²) in [5.74, 6) is -0.289. The number of hydrogen-bond acceptors (Lipinski definition) is 6. The zero-order valence-corrected chi connectivity index (χ0v) is 21.1. The molecule has 2 rings (SSSR count). The number of halogens is 1. The van der Waals surface area contributed by atoms with Crippen LogP contribution in [0.4, 0.5) is 5.69 Å². The highest BCUT2D eigenvalue weighted by Crippen LogP contribution is 2.29. The van der Waals surface area contributed by atoms with E-state index in [4.69, 9.17) is 33.4 Å². The van der Waals surface area contributed by atoms with Gasteiger partial charge in [-0.15, -0.1) is 12.4 Å². The van der Waals surface area contributed by atoms with Gasteiger partial charge in [0, 0.05) is 30.2 Å². The van der Waals surface area contributed by atoms with Crippen LogP contribution in [0.2, 0.25) is 0 Å². The Labute approximate surface area is 216 Å². The fourth-order valence-corrected chi connectivity index (χ4v) is 3.45. The lowest BCUT2D eigenvalue weighted by Crippen LogP contribution is -2.50. The zero-order valence-electron chi connectivity index (χ0n) is 20.3. The second kappa shape index (κ2) is 15.3. The molecule has 13 heteroatoms. The molecule has 0 aliphatic heterocycles. The number of benzene rings is 2. The van der Waals surface area contributed by atoms with Crippen molar-refractivity contribution in [2.45, 2.75) is 37.8 Å². The van der Waals surface area contributed by atoms with E-state index in [9.17, 15) is 9.59 Å². The van der Waals surface area contributed by atoms with Gasteiger partial charge in [-0.1, -0.05) is 24.3 Å². The van der Waals surface area contributed by atoms with Gasteiger partial charge in [-0.3, -0.25) is 19.6 Å². The Morgan fingerprint density at radius 3 is 2.17 bits per heavy atom. The highest BCUT2D eigenvalue weighted by Gasteiger charge is 2.24. The van der Waals surface area contributed by atoms with Gasteiger partial charge >= 0.3 is 0 Å². The van der Waals surface area contributed by atoms with Crippen molar-refractivity contribution in [2.75, 3.05) is 25.5 Å². The van der Waals surface area contributed by atoms with Crippen molar-refractivity contribution < 1.29 is 14.3 Å². The van der Waals surface area contributed by atoms with Gasteiger partial charge in [0.05, 0.1) is 13.2 Å². The van der Waals surface area contributed by atoms with E-state index in [1.54, 1.807) is 13.2 Å². The molecule has 0 radical (unpaired) electrons. The Hall–Kier alpha value is -3.77. The predicted octanol–water partition coefficient (Wildman–Crippen LogP) is 0.128. The van der Waals surface area contributed by atoms with E-state index in [0.29, 0.717) is 50.2 Å². The average Bonchev–Trinajstić information content (AvgIpc) is 2.82. The monoisotopic (exact) mass is 521 g/mol. The van der Waals surface area contributed by atoms with E-state index in [2.05, 4.69) is 20.6 Å². The number of nitrogens with one attached hydrogen (secondary N) is 2. The molecule has 0 saturated heterocycles. The smallest absolute Gasteiger partial charge is 0.246 e. The summed E-state index contributed by atoms with van der Waals surface area (Å²) < 4.78 is 5.47. The summed E-state index contributed by atoms with van der Waals surface area (Å²) in [7, 11) is 1.56. The van der Waals surface area contributed by atoms with Crippen LogP contribution in [-0.2, 0) is 9.59 Å². The normalized spacial score (nSPS) is 11.9. The van der Waals surface area contributed by atoms with Crippen molar-refractivity contribution in [2.24, 2.45) is 38.7 Å². The summed E-state index contributed by atoms with van der Waals surface area (Å²) in [4.78, 5) is 33.6. The molecule has 0 aromatic heterocycles. The number of ether oxygens (including phenoxy) is 1. The Kier molecular flexibility index (Phi) is 12.8. The Morgan fingerprint density at radius 1 is 0.944 bits per heavy atom. The SMILES string of the molecule is COc1cc(NC(=O)C(CCCN=C(N)N)NC(=O)C(N)CCCN=C(N)N)cc2ccccc12.Cl.